The normalized spacial score (nSPS) is 10.8. The van der Waals surface area contributed by atoms with Crippen molar-refractivity contribution in [3.05, 3.63) is 52.3 Å². The number of aromatic amines is 1. The Morgan fingerprint density at radius 1 is 1.21 bits per heavy atom. The lowest BCUT2D eigenvalue weighted by molar-refractivity contribution is 0.629. The molecule has 0 aliphatic heterocycles. The summed E-state index contributed by atoms with van der Waals surface area (Å²) < 4.78 is 13.2. The van der Waals surface area contributed by atoms with Crippen molar-refractivity contribution in [1.29, 1.82) is 0 Å². The van der Waals surface area contributed by atoms with Crippen LogP contribution < -0.4 is 5.56 Å². The van der Waals surface area contributed by atoms with E-state index in [0.717, 1.165) is 5.56 Å². The minimum Gasteiger partial charge on any atom is -0.303 e. The van der Waals surface area contributed by atoms with E-state index in [0.29, 0.717) is 11.2 Å². The van der Waals surface area contributed by atoms with Crippen molar-refractivity contribution < 1.29 is 4.39 Å². The number of hydrogen-bond acceptors (Lipinski definition) is 4. The molecule has 0 aliphatic carbocycles. The smallest absolute Gasteiger partial charge is 0.259 e. The van der Waals surface area contributed by atoms with E-state index in [2.05, 4.69) is 19.9 Å². The summed E-state index contributed by atoms with van der Waals surface area (Å²) in [6, 6.07) is 3.83. The van der Waals surface area contributed by atoms with Crippen LogP contribution in [0.2, 0.25) is 0 Å². The summed E-state index contributed by atoms with van der Waals surface area (Å²) in [6.07, 6.45) is 3.25. The number of aromatic nitrogens is 4. The number of halogens is 1. The Morgan fingerprint density at radius 3 is 2.68 bits per heavy atom. The van der Waals surface area contributed by atoms with Crippen LogP contribution in [0.15, 0.2) is 35.4 Å². The second kappa shape index (κ2) is 4.24. The molecule has 2 heterocycles. The number of nitrogens with zero attached hydrogens (tertiary/aromatic N) is 3. The molecule has 1 N–H and O–H groups in total. The molecule has 0 saturated heterocycles. The van der Waals surface area contributed by atoms with E-state index in [4.69, 9.17) is 0 Å². The molecule has 19 heavy (non-hydrogen) atoms. The van der Waals surface area contributed by atoms with Crippen LogP contribution in [-0.2, 0) is 0 Å². The van der Waals surface area contributed by atoms with Gasteiger partial charge in [0.2, 0.25) is 0 Å². The zero-order valence-electron chi connectivity index (χ0n) is 10.0. The summed E-state index contributed by atoms with van der Waals surface area (Å²) in [5.41, 5.74) is 0.838. The maximum atomic E-state index is 13.2. The number of rotatable bonds is 1. The van der Waals surface area contributed by atoms with E-state index in [1.54, 1.807) is 12.4 Å². The Bertz CT molecular complexity index is 811. The van der Waals surface area contributed by atoms with E-state index in [-0.39, 0.29) is 16.9 Å². The SMILES string of the molecule is Cc1cnc(-c2nc3cc(F)ccc3c(=O)[nH]2)nc1. The fraction of sp³-hybridized carbons (Fsp3) is 0.0769. The average molecular weight is 256 g/mol. The third-order valence-electron chi connectivity index (χ3n) is 2.66. The highest BCUT2D eigenvalue weighted by atomic mass is 19.1. The Kier molecular flexibility index (Phi) is 2.56. The summed E-state index contributed by atoms with van der Waals surface area (Å²) in [7, 11) is 0. The topological polar surface area (TPSA) is 71.5 Å². The molecule has 0 aliphatic rings. The number of aryl methyl sites for hydroxylation is 1. The second-order valence-corrected chi connectivity index (χ2v) is 4.16. The molecule has 0 radical (unpaired) electrons. The molecule has 0 atom stereocenters. The number of fused-ring (bicyclic) bond motifs is 1. The highest BCUT2D eigenvalue weighted by Gasteiger charge is 2.08. The van der Waals surface area contributed by atoms with Crippen LogP contribution in [0.3, 0.4) is 0 Å². The Hall–Kier alpha value is -2.63. The van der Waals surface area contributed by atoms with E-state index in [1.165, 1.54) is 18.2 Å². The summed E-state index contributed by atoms with van der Waals surface area (Å²) in [4.78, 5) is 26.8. The van der Waals surface area contributed by atoms with Crippen LogP contribution in [0.4, 0.5) is 4.39 Å². The first-order valence-corrected chi connectivity index (χ1v) is 5.62. The minimum absolute atomic E-state index is 0.225. The van der Waals surface area contributed by atoms with Crippen molar-refractivity contribution in [1.82, 2.24) is 19.9 Å². The molecule has 0 saturated carbocycles. The van der Waals surface area contributed by atoms with Crippen molar-refractivity contribution in [2.75, 3.05) is 0 Å². The van der Waals surface area contributed by atoms with Crippen LogP contribution >= 0.6 is 0 Å². The van der Waals surface area contributed by atoms with Gasteiger partial charge in [-0.1, -0.05) is 0 Å². The maximum Gasteiger partial charge on any atom is 0.259 e. The molecule has 1 aromatic carbocycles. The van der Waals surface area contributed by atoms with E-state index >= 15 is 0 Å². The summed E-state index contributed by atoms with van der Waals surface area (Å²) in [5, 5.41) is 0.331. The Morgan fingerprint density at radius 2 is 1.95 bits per heavy atom. The molecule has 0 bridgehead atoms. The molecule has 6 heteroatoms. The fourth-order valence-corrected chi connectivity index (χ4v) is 1.73. The second-order valence-electron chi connectivity index (χ2n) is 4.16. The quantitative estimate of drug-likeness (QED) is 0.721. The van der Waals surface area contributed by atoms with Crippen LogP contribution in [0.1, 0.15) is 5.56 Å². The van der Waals surface area contributed by atoms with Gasteiger partial charge in [-0.2, -0.15) is 0 Å². The van der Waals surface area contributed by atoms with Gasteiger partial charge in [-0.3, -0.25) is 4.79 Å². The highest BCUT2D eigenvalue weighted by Crippen LogP contribution is 2.13. The summed E-state index contributed by atoms with van der Waals surface area (Å²) in [5.74, 6) is 0.0818. The van der Waals surface area contributed by atoms with Gasteiger partial charge in [0.25, 0.3) is 5.56 Å². The fourth-order valence-electron chi connectivity index (χ4n) is 1.73. The van der Waals surface area contributed by atoms with E-state index < -0.39 is 5.82 Å². The van der Waals surface area contributed by atoms with Gasteiger partial charge in [0, 0.05) is 18.5 Å². The van der Waals surface area contributed by atoms with Gasteiger partial charge in [0.1, 0.15) is 5.82 Å². The lowest BCUT2D eigenvalue weighted by Gasteiger charge is -2.02. The highest BCUT2D eigenvalue weighted by molar-refractivity contribution is 5.78. The summed E-state index contributed by atoms with van der Waals surface area (Å²) >= 11 is 0. The van der Waals surface area contributed by atoms with Gasteiger partial charge < -0.3 is 4.98 Å². The van der Waals surface area contributed by atoms with Gasteiger partial charge in [0.05, 0.1) is 10.9 Å². The third kappa shape index (κ3) is 2.08. The van der Waals surface area contributed by atoms with Crippen molar-refractivity contribution in [3.8, 4) is 11.6 Å². The molecule has 0 unspecified atom stereocenters. The van der Waals surface area contributed by atoms with Crippen molar-refractivity contribution >= 4 is 10.9 Å². The number of H-pyrrole nitrogens is 1. The third-order valence-corrected chi connectivity index (χ3v) is 2.66. The monoisotopic (exact) mass is 256 g/mol. The number of benzene rings is 1. The molecule has 94 valence electrons. The van der Waals surface area contributed by atoms with Crippen LogP contribution in [0, 0.1) is 12.7 Å². The average Bonchev–Trinajstić information content (AvgIpc) is 2.38. The Balaban J connectivity index is 2.25. The van der Waals surface area contributed by atoms with E-state index in [1.807, 2.05) is 6.92 Å². The molecule has 2 aromatic heterocycles. The number of nitrogens with one attached hydrogen (secondary N) is 1. The lowest BCUT2D eigenvalue weighted by Crippen LogP contribution is -2.10. The van der Waals surface area contributed by atoms with Gasteiger partial charge in [-0.25, -0.2) is 19.3 Å². The molecule has 3 aromatic rings. The van der Waals surface area contributed by atoms with Crippen molar-refractivity contribution in [3.63, 3.8) is 0 Å². The zero-order valence-corrected chi connectivity index (χ0v) is 10.0. The first-order valence-electron chi connectivity index (χ1n) is 5.62. The van der Waals surface area contributed by atoms with Crippen LogP contribution in [-0.4, -0.2) is 19.9 Å². The lowest BCUT2D eigenvalue weighted by atomic mass is 10.2. The van der Waals surface area contributed by atoms with Crippen LogP contribution in [0.25, 0.3) is 22.6 Å². The molecule has 3 rings (SSSR count). The largest absolute Gasteiger partial charge is 0.303 e. The number of hydrogen-bond donors (Lipinski definition) is 1. The maximum absolute atomic E-state index is 13.2. The molecule has 0 spiro atoms. The summed E-state index contributed by atoms with van der Waals surface area (Å²) in [6.45, 7) is 1.86. The van der Waals surface area contributed by atoms with Gasteiger partial charge >= 0.3 is 0 Å². The van der Waals surface area contributed by atoms with Crippen molar-refractivity contribution in [2.45, 2.75) is 6.92 Å². The predicted octanol–water partition coefficient (Wildman–Crippen LogP) is 1.83. The van der Waals surface area contributed by atoms with Crippen molar-refractivity contribution in [2.24, 2.45) is 0 Å². The van der Waals surface area contributed by atoms with E-state index in [9.17, 15) is 9.18 Å². The molecule has 5 nitrogen and oxygen atoms in total. The standard InChI is InChI=1S/C13H9FN4O/c1-7-5-15-11(16-6-7)12-17-10-4-8(14)2-3-9(10)13(19)18-12/h2-6H,1H3,(H,17,18,19). The molecule has 0 amide bonds. The van der Waals surface area contributed by atoms with Gasteiger partial charge in [-0.15, -0.1) is 0 Å². The first-order chi connectivity index (χ1) is 9.13. The van der Waals surface area contributed by atoms with Gasteiger partial charge in [-0.05, 0) is 24.6 Å². The molecule has 0 fully saturated rings. The Labute approximate surface area is 107 Å². The predicted molar refractivity (Wildman–Crippen MR) is 68.1 cm³/mol. The molecular formula is C13H9FN4O. The zero-order chi connectivity index (χ0) is 13.4. The van der Waals surface area contributed by atoms with Gasteiger partial charge in [0.15, 0.2) is 11.6 Å². The molecular weight excluding hydrogens is 247 g/mol. The minimum atomic E-state index is -0.443. The first kappa shape index (κ1) is 11.5. The van der Waals surface area contributed by atoms with Crippen LogP contribution in [0.5, 0.6) is 0 Å².